The second-order valence-corrected chi connectivity index (χ2v) is 6.60. The fourth-order valence-corrected chi connectivity index (χ4v) is 3.81. The molecule has 1 aliphatic carbocycles. The highest BCUT2D eigenvalue weighted by Gasteiger charge is 2.28. The number of nitrogens with zero attached hydrogens (tertiary/aromatic N) is 1. The van der Waals surface area contributed by atoms with Crippen molar-refractivity contribution < 1.29 is 4.79 Å². The van der Waals surface area contributed by atoms with Crippen LogP contribution < -0.4 is 10.9 Å². The van der Waals surface area contributed by atoms with Crippen molar-refractivity contribution in [2.45, 2.75) is 45.1 Å². The Morgan fingerprint density at radius 3 is 2.61 bits per heavy atom. The molecule has 122 valence electrons. The number of aromatic nitrogens is 1. The molecule has 1 fully saturated rings. The summed E-state index contributed by atoms with van der Waals surface area (Å²) < 4.78 is 1.70. The van der Waals surface area contributed by atoms with Crippen molar-refractivity contribution in [2.24, 2.45) is 13.0 Å². The molecule has 1 aromatic heterocycles. The molecule has 1 N–H and O–H groups in total. The summed E-state index contributed by atoms with van der Waals surface area (Å²) in [5.74, 6) is 0.275. The Morgan fingerprint density at radius 1 is 1.22 bits per heavy atom. The Morgan fingerprint density at radius 2 is 1.91 bits per heavy atom. The lowest BCUT2D eigenvalue weighted by Crippen LogP contribution is -2.37. The van der Waals surface area contributed by atoms with Gasteiger partial charge in [0.25, 0.3) is 5.56 Å². The molecule has 0 aliphatic heterocycles. The third-order valence-electron chi connectivity index (χ3n) is 4.98. The van der Waals surface area contributed by atoms with Crippen LogP contribution in [0.25, 0.3) is 10.9 Å². The third-order valence-corrected chi connectivity index (χ3v) is 4.98. The lowest BCUT2D eigenvalue weighted by atomic mass is 9.81. The standard InChI is InChI=1S/C19H24N2O2/c1-13(22)20-18(14-8-4-3-5-9-14)16-12-15-10-6-7-11-17(15)21(2)19(16)23/h6-7,10-12,14,18H,3-5,8-9H2,1-2H3,(H,20,22). The van der Waals surface area contributed by atoms with Gasteiger partial charge in [-0.05, 0) is 36.3 Å². The summed E-state index contributed by atoms with van der Waals surface area (Å²) in [7, 11) is 1.81. The van der Waals surface area contributed by atoms with Crippen molar-refractivity contribution in [1.82, 2.24) is 9.88 Å². The first-order valence-corrected chi connectivity index (χ1v) is 8.43. The molecule has 3 rings (SSSR count). The minimum atomic E-state index is -0.184. The number of pyridine rings is 1. The van der Waals surface area contributed by atoms with Crippen LogP contribution in [0.3, 0.4) is 0 Å². The van der Waals surface area contributed by atoms with E-state index in [-0.39, 0.29) is 17.5 Å². The number of nitrogens with one attached hydrogen (secondary N) is 1. The first kappa shape index (κ1) is 15.8. The number of carbonyl (C=O) groups excluding carboxylic acids is 1. The number of aryl methyl sites for hydroxylation is 1. The van der Waals surface area contributed by atoms with Crippen molar-refractivity contribution >= 4 is 16.8 Å². The predicted molar refractivity (Wildman–Crippen MR) is 92.3 cm³/mol. The summed E-state index contributed by atoms with van der Waals surface area (Å²) in [5, 5.41) is 4.08. The van der Waals surface area contributed by atoms with Crippen LogP contribution in [0, 0.1) is 5.92 Å². The van der Waals surface area contributed by atoms with E-state index < -0.39 is 0 Å². The van der Waals surface area contributed by atoms with Crippen LogP contribution in [-0.2, 0) is 11.8 Å². The topological polar surface area (TPSA) is 51.1 Å². The number of para-hydroxylation sites is 1. The van der Waals surface area contributed by atoms with Crippen molar-refractivity contribution in [1.29, 1.82) is 0 Å². The highest BCUT2D eigenvalue weighted by atomic mass is 16.1. The minimum absolute atomic E-state index is 0.00646. The number of benzene rings is 1. The molecule has 1 atom stereocenters. The average Bonchev–Trinajstić information content (AvgIpc) is 2.57. The van der Waals surface area contributed by atoms with E-state index in [1.54, 1.807) is 11.6 Å². The SMILES string of the molecule is CC(=O)NC(c1cc2ccccc2n(C)c1=O)C1CCCCC1. The molecular weight excluding hydrogens is 288 g/mol. The quantitative estimate of drug-likeness (QED) is 0.945. The van der Waals surface area contributed by atoms with E-state index in [1.807, 2.05) is 30.3 Å². The van der Waals surface area contributed by atoms with Crippen LogP contribution in [0.4, 0.5) is 0 Å². The van der Waals surface area contributed by atoms with E-state index in [9.17, 15) is 9.59 Å². The summed E-state index contributed by atoms with van der Waals surface area (Å²) in [4.78, 5) is 24.6. The molecule has 0 bridgehead atoms. The average molecular weight is 312 g/mol. The molecule has 4 heteroatoms. The van der Waals surface area contributed by atoms with E-state index >= 15 is 0 Å². The van der Waals surface area contributed by atoms with Crippen LogP contribution in [0.15, 0.2) is 35.1 Å². The van der Waals surface area contributed by atoms with Crippen LogP contribution in [0.1, 0.15) is 50.6 Å². The van der Waals surface area contributed by atoms with E-state index in [4.69, 9.17) is 0 Å². The van der Waals surface area contributed by atoms with Gasteiger partial charge in [0, 0.05) is 19.5 Å². The van der Waals surface area contributed by atoms with Gasteiger partial charge < -0.3 is 9.88 Å². The second kappa shape index (κ2) is 6.57. The molecule has 1 heterocycles. The largest absolute Gasteiger partial charge is 0.349 e. The molecule has 1 amide bonds. The Balaban J connectivity index is 2.11. The summed E-state index contributed by atoms with van der Waals surface area (Å²) in [6.45, 7) is 1.53. The van der Waals surface area contributed by atoms with Crippen molar-refractivity contribution in [3.63, 3.8) is 0 Å². The van der Waals surface area contributed by atoms with Gasteiger partial charge in [0.2, 0.25) is 5.91 Å². The lowest BCUT2D eigenvalue weighted by Gasteiger charge is -2.31. The van der Waals surface area contributed by atoms with Gasteiger partial charge in [0.05, 0.1) is 11.6 Å². The van der Waals surface area contributed by atoms with Gasteiger partial charge in [-0.3, -0.25) is 9.59 Å². The van der Waals surface area contributed by atoms with Gasteiger partial charge in [-0.15, -0.1) is 0 Å². The van der Waals surface area contributed by atoms with Gasteiger partial charge in [-0.2, -0.15) is 0 Å². The first-order valence-electron chi connectivity index (χ1n) is 8.43. The number of rotatable bonds is 3. The van der Waals surface area contributed by atoms with E-state index in [2.05, 4.69) is 5.32 Å². The van der Waals surface area contributed by atoms with Crippen molar-refractivity contribution in [3.8, 4) is 0 Å². The molecule has 4 nitrogen and oxygen atoms in total. The first-order chi connectivity index (χ1) is 11.1. The van der Waals surface area contributed by atoms with Gasteiger partial charge >= 0.3 is 0 Å². The number of hydrogen-bond acceptors (Lipinski definition) is 2. The smallest absolute Gasteiger partial charge is 0.256 e. The molecule has 23 heavy (non-hydrogen) atoms. The van der Waals surface area contributed by atoms with Crippen molar-refractivity contribution in [2.75, 3.05) is 0 Å². The van der Waals surface area contributed by atoms with Gasteiger partial charge in [0.1, 0.15) is 0 Å². The number of hydrogen-bond donors (Lipinski definition) is 1. The molecule has 1 unspecified atom stereocenters. The van der Waals surface area contributed by atoms with Gasteiger partial charge in [0.15, 0.2) is 0 Å². The maximum atomic E-state index is 12.9. The molecular formula is C19H24N2O2. The molecule has 1 aliphatic rings. The fraction of sp³-hybridized carbons (Fsp3) is 0.474. The van der Waals surface area contributed by atoms with Crippen molar-refractivity contribution in [3.05, 3.63) is 46.2 Å². The Kier molecular flexibility index (Phi) is 4.51. The molecule has 0 saturated heterocycles. The summed E-state index contributed by atoms with van der Waals surface area (Å²) in [6.07, 6.45) is 5.74. The summed E-state index contributed by atoms with van der Waals surface area (Å²) in [5.41, 5.74) is 1.63. The van der Waals surface area contributed by atoms with E-state index in [0.29, 0.717) is 11.5 Å². The fourth-order valence-electron chi connectivity index (χ4n) is 3.81. The number of carbonyl (C=O) groups is 1. The normalized spacial score (nSPS) is 17.1. The Hall–Kier alpha value is -2.10. The zero-order chi connectivity index (χ0) is 16.4. The molecule has 0 radical (unpaired) electrons. The monoisotopic (exact) mass is 312 g/mol. The van der Waals surface area contributed by atoms with Gasteiger partial charge in [-0.1, -0.05) is 37.5 Å². The molecule has 2 aromatic rings. The highest BCUT2D eigenvalue weighted by molar-refractivity contribution is 5.80. The number of fused-ring (bicyclic) bond motifs is 1. The zero-order valence-corrected chi connectivity index (χ0v) is 13.8. The van der Waals surface area contributed by atoms with Crippen LogP contribution in [0.2, 0.25) is 0 Å². The van der Waals surface area contributed by atoms with Crippen LogP contribution in [0.5, 0.6) is 0 Å². The van der Waals surface area contributed by atoms with Gasteiger partial charge in [-0.25, -0.2) is 0 Å². The minimum Gasteiger partial charge on any atom is -0.349 e. The van der Waals surface area contributed by atoms with E-state index in [1.165, 1.54) is 26.2 Å². The van der Waals surface area contributed by atoms with Crippen LogP contribution >= 0.6 is 0 Å². The predicted octanol–water partition coefficient (Wildman–Crippen LogP) is 3.30. The molecule has 1 saturated carbocycles. The Bertz CT molecular complexity index is 773. The van der Waals surface area contributed by atoms with E-state index in [0.717, 1.165) is 23.7 Å². The number of amides is 1. The Labute approximate surface area is 136 Å². The summed E-state index contributed by atoms with van der Waals surface area (Å²) >= 11 is 0. The molecule has 1 aromatic carbocycles. The van der Waals surface area contributed by atoms with Crippen LogP contribution in [-0.4, -0.2) is 10.5 Å². The second-order valence-electron chi connectivity index (χ2n) is 6.60. The third kappa shape index (κ3) is 3.16. The zero-order valence-electron chi connectivity index (χ0n) is 13.8. The highest BCUT2D eigenvalue weighted by Crippen LogP contribution is 2.34. The lowest BCUT2D eigenvalue weighted by molar-refractivity contribution is -0.120. The maximum absolute atomic E-state index is 12.9. The molecule has 0 spiro atoms. The summed E-state index contributed by atoms with van der Waals surface area (Å²) in [6, 6.07) is 9.67. The maximum Gasteiger partial charge on any atom is 0.256 e.